The zero-order valence-electron chi connectivity index (χ0n) is 13.5. The molecule has 1 aliphatic rings. The third-order valence-electron chi connectivity index (χ3n) is 4.35. The molecule has 1 unspecified atom stereocenters. The molecule has 0 spiro atoms. The number of anilines is 2. The molecule has 2 heterocycles. The van der Waals surface area contributed by atoms with Crippen LogP contribution in [-0.4, -0.2) is 47.1 Å². The maximum absolute atomic E-state index is 5.60. The molecule has 118 valence electrons. The Labute approximate surface area is 127 Å². The molecule has 0 amide bonds. The van der Waals surface area contributed by atoms with Gasteiger partial charge >= 0.3 is 0 Å². The van der Waals surface area contributed by atoms with Gasteiger partial charge in [-0.15, -0.1) is 0 Å². The van der Waals surface area contributed by atoms with E-state index >= 15 is 0 Å². The molecular weight excluding hydrogens is 264 g/mol. The number of nitrogen functional groups attached to an aromatic ring is 1. The van der Waals surface area contributed by atoms with Crippen LogP contribution in [0.3, 0.4) is 0 Å². The summed E-state index contributed by atoms with van der Waals surface area (Å²) >= 11 is 0. The Morgan fingerprint density at radius 2 is 2.10 bits per heavy atom. The van der Waals surface area contributed by atoms with Crippen LogP contribution in [0.25, 0.3) is 0 Å². The first kappa shape index (κ1) is 16.0. The van der Waals surface area contributed by atoms with E-state index in [2.05, 4.69) is 46.0 Å². The Kier molecular flexibility index (Phi) is 5.76. The SMILES string of the molecule is CCCc1c(NN)ncnc1N1CCC(N(CC)CC)C1. The fourth-order valence-corrected chi connectivity index (χ4v) is 3.25. The van der Waals surface area contributed by atoms with Crippen molar-refractivity contribution in [3.63, 3.8) is 0 Å². The highest BCUT2D eigenvalue weighted by Gasteiger charge is 2.28. The minimum atomic E-state index is 0.624. The van der Waals surface area contributed by atoms with Crippen LogP contribution < -0.4 is 16.2 Å². The molecule has 2 rings (SSSR count). The number of hydrazine groups is 1. The van der Waals surface area contributed by atoms with Gasteiger partial charge in [0.1, 0.15) is 18.0 Å². The molecule has 1 aromatic rings. The van der Waals surface area contributed by atoms with Crippen LogP contribution in [0.4, 0.5) is 11.6 Å². The molecule has 0 saturated carbocycles. The monoisotopic (exact) mass is 292 g/mol. The molecule has 0 aromatic carbocycles. The second kappa shape index (κ2) is 7.56. The zero-order chi connectivity index (χ0) is 15.2. The molecule has 3 N–H and O–H groups in total. The molecule has 6 heteroatoms. The maximum Gasteiger partial charge on any atom is 0.148 e. The Morgan fingerprint density at radius 1 is 1.33 bits per heavy atom. The van der Waals surface area contributed by atoms with Gasteiger partial charge in [0.15, 0.2) is 0 Å². The van der Waals surface area contributed by atoms with Crippen molar-refractivity contribution in [3.05, 3.63) is 11.9 Å². The van der Waals surface area contributed by atoms with Crippen LogP contribution in [0.2, 0.25) is 0 Å². The van der Waals surface area contributed by atoms with Crippen molar-refractivity contribution >= 4 is 11.6 Å². The number of hydrogen-bond donors (Lipinski definition) is 2. The summed E-state index contributed by atoms with van der Waals surface area (Å²) in [6, 6.07) is 0.624. The highest BCUT2D eigenvalue weighted by atomic mass is 15.3. The fourth-order valence-electron chi connectivity index (χ4n) is 3.25. The lowest BCUT2D eigenvalue weighted by Gasteiger charge is -2.27. The molecular formula is C15H28N6. The number of likely N-dealkylation sites (N-methyl/N-ethyl adjacent to an activating group) is 1. The van der Waals surface area contributed by atoms with Crippen LogP contribution >= 0.6 is 0 Å². The van der Waals surface area contributed by atoms with Gasteiger partial charge in [-0.3, -0.25) is 4.90 Å². The maximum atomic E-state index is 5.60. The van der Waals surface area contributed by atoms with Crippen LogP contribution in [-0.2, 0) is 6.42 Å². The average Bonchev–Trinajstić information content (AvgIpc) is 2.98. The Bertz CT molecular complexity index is 446. The summed E-state index contributed by atoms with van der Waals surface area (Å²) in [5.74, 6) is 7.41. The summed E-state index contributed by atoms with van der Waals surface area (Å²) in [5, 5.41) is 0. The molecule has 1 fully saturated rings. The molecule has 21 heavy (non-hydrogen) atoms. The Morgan fingerprint density at radius 3 is 2.71 bits per heavy atom. The molecule has 0 radical (unpaired) electrons. The van der Waals surface area contributed by atoms with Crippen molar-refractivity contribution in [1.82, 2.24) is 14.9 Å². The van der Waals surface area contributed by atoms with Crippen molar-refractivity contribution in [1.29, 1.82) is 0 Å². The van der Waals surface area contributed by atoms with Gasteiger partial charge in [0, 0.05) is 24.7 Å². The molecule has 1 saturated heterocycles. The van der Waals surface area contributed by atoms with Crippen molar-refractivity contribution in [2.75, 3.05) is 36.5 Å². The van der Waals surface area contributed by atoms with Gasteiger partial charge in [-0.1, -0.05) is 27.2 Å². The van der Waals surface area contributed by atoms with E-state index < -0.39 is 0 Å². The van der Waals surface area contributed by atoms with Gasteiger partial charge in [-0.05, 0) is 25.9 Å². The highest BCUT2D eigenvalue weighted by molar-refractivity contribution is 5.59. The second-order valence-corrected chi connectivity index (χ2v) is 5.53. The number of rotatable bonds is 7. The van der Waals surface area contributed by atoms with E-state index in [1.165, 1.54) is 6.42 Å². The third-order valence-corrected chi connectivity index (χ3v) is 4.35. The smallest absolute Gasteiger partial charge is 0.148 e. The predicted octanol–water partition coefficient (Wildman–Crippen LogP) is 1.64. The summed E-state index contributed by atoms with van der Waals surface area (Å²) in [6.07, 6.45) is 4.81. The number of nitrogens with two attached hydrogens (primary N) is 1. The number of nitrogens with zero attached hydrogens (tertiary/aromatic N) is 4. The second-order valence-electron chi connectivity index (χ2n) is 5.53. The van der Waals surface area contributed by atoms with E-state index in [-0.39, 0.29) is 0 Å². The topological polar surface area (TPSA) is 70.3 Å². The minimum Gasteiger partial charge on any atom is -0.355 e. The first-order valence-corrected chi connectivity index (χ1v) is 8.04. The van der Waals surface area contributed by atoms with Crippen LogP contribution in [0.5, 0.6) is 0 Å². The zero-order valence-corrected chi connectivity index (χ0v) is 13.5. The van der Waals surface area contributed by atoms with Gasteiger partial charge in [0.25, 0.3) is 0 Å². The van der Waals surface area contributed by atoms with E-state index in [9.17, 15) is 0 Å². The third kappa shape index (κ3) is 3.44. The predicted molar refractivity (Wildman–Crippen MR) is 87.4 cm³/mol. The lowest BCUT2D eigenvalue weighted by atomic mass is 10.1. The fraction of sp³-hybridized carbons (Fsp3) is 0.733. The average molecular weight is 292 g/mol. The molecule has 6 nitrogen and oxygen atoms in total. The summed E-state index contributed by atoms with van der Waals surface area (Å²) in [4.78, 5) is 13.7. The first-order valence-electron chi connectivity index (χ1n) is 8.04. The molecule has 1 aliphatic heterocycles. The Balaban J connectivity index is 2.19. The number of aromatic nitrogens is 2. The summed E-state index contributed by atoms with van der Waals surface area (Å²) in [6.45, 7) is 10.9. The molecule has 0 aliphatic carbocycles. The van der Waals surface area contributed by atoms with Gasteiger partial charge < -0.3 is 10.3 Å². The van der Waals surface area contributed by atoms with E-state index in [0.29, 0.717) is 6.04 Å². The molecule has 1 atom stereocenters. The summed E-state index contributed by atoms with van der Waals surface area (Å²) in [7, 11) is 0. The van der Waals surface area contributed by atoms with Crippen molar-refractivity contribution < 1.29 is 0 Å². The van der Waals surface area contributed by atoms with Gasteiger partial charge in [0.2, 0.25) is 0 Å². The molecule has 0 bridgehead atoms. The minimum absolute atomic E-state index is 0.624. The van der Waals surface area contributed by atoms with Gasteiger partial charge in [-0.25, -0.2) is 15.8 Å². The van der Waals surface area contributed by atoms with Crippen LogP contribution in [0, 0.1) is 0 Å². The van der Waals surface area contributed by atoms with Gasteiger partial charge in [-0.2, -0.15) is 0 Å². The normalized spacial score (nSPS) is 18.5. The van der Waals surface area contributed by atoms with Gasteiger partial charge in [0.05, 0.1) is 0 Å². The quantitative estimate of drug-likeness (QED) is 0.588. The first-order chi connectivity index (χ1) is 10.2. The van der Waals surface area contributed by atoms with E-state index in [4.69, 9.17) is 5.84 Å². The standard InChI is InChI=1S/C15H28N6/c1-4-7-13-14(19-16)17-11-18-15(13)21-9-8-12(10-21)20(5-2)6-3/h11-12H,4-10,16H2,1-3H3,(H,17,18,19). The van der Waals surface area contributed by atoms with Crippen molar-refractivity contribution in [2.24, 2.45) is 5.84 Å². The lowest BCUT2D eigenvalue weighted by Crippen LogP contribution is -2.37. The number of nitrogens with one attached hydrogen (secondary N) is 1. The summed E-state index contributed by atoms with van der Waals surface area (Å²) in [5.41, 5.74) is 3.85. The van der Waals surface area contributed by atoms with Crippen LogP contribution in [0.1, 0.15) is 39.2 Å². The largest absolute Gasteiger partial charge is 0.355 e. The van der Waals surface area contributed by atoms with Crippen molar-refractivity contribution in [3.8, 4) is 0 Å². The lowest BCUT2D eigenvalue weighted by molar-refractivity contribution is 0.232. The van der Waals surface area contributed by atoms with E-state index in [1.54, 1.807) is 6.33 Å². The Hall–Kier alpha value is -1.40. The highest BCUT2D eigenvalue weighted by Crippen LogP contribution is 2.28. The summed E-state index contributed by atoms with van der Waals surface area (Å²) < 4.78 is 0. The molecule has 1 aromatic heterocycles. The van der Waals surface area contributed by atoms with E-state index in [0.717, 1.165) is 56.2 Å². The van der Waals surface area contributed by atoms with Crippen molar-refractivity contribution in [2.45, 2.75) is 46.1 Å². The van der Waals surface area contributed by atoms with Crippen LogP contribution in [0.15, 0.2) is 6.33 Å². The van der Waals surface area contributed by atoms with E-state index in [1.807, 2.05) is 0 Å². The number of hydrogen-bond acceptors (Lipinski definition) is 6.